The van der Waals surface area contributed by atoms with Crippen LogP contribution in [0.25, 0.3) is 0 Å². The Kier molecular flexibility index (Phi) is 5.33. The first-order valence-electron chi connectivity index (χ1n) is 8.35. The van der Waals surface area contributed by atoms with Gasteiger partial charge in [-0.05, 0) is 17.7 Å². The Hall–Kier alpha value is -2.83. The maximum Gasteiger partial charge on any atom is 0.219 e. The first-order valence-corrected chi connectivity index (χ1v) is 8.35. The van der Waals surface area contributed by atoms with Gasteiger partial charge in [-0.15, -0.1) is 0 Å². The molecule has 1 aromatic carbocycles. The van der Waals surface area contributed by atoms with Gasteiger partial charge in [-0.3, -0.25) is 4.79 Å². The molecule has 1 aliphatic rings. The van der Waals surface area contributed by atoms with E-state index in [2.05, 4.69) is 20.2 Å². The van der Waals surface area contributed by atoms with Gasteiger partial charge < -0.3 is 19.9 Å². The van der Waals surface area contributed by atoms with Crippen molar-refractivity contribution in [1.29, 1.82) is 0 Å². The Bertz CT molecular complexity index is 712. The van der Waals surface area contributed by atoms with Crippen molar-refractivity contribution in [3.05, 3.63) is 42.2 Å². The topological polar surface area (TPSA) is 70.6 Å². The lowest BCUT2D eigenvalue weighted by atomic mass is 10.2. The lowest BCUT2D eigenvalue weighted by Crippen LogP contribution is -2.48. The molecule has 1 N–H and O–H groups in total. The van der Waals surface area contributed by atoms with Gasteiger partial charge in [0.2, 0.25) is 5.91 Å². The fourth-order valence-corrected chi connectivity index (χ4v) is 2.80. The van der Waals surface area contributed by atoms with E-state index in [1.54, 1.807) is 20.4 Å². The smallest absolute Gasteiger partial charge is 0.219 e. The maximum atomic E-state index is 11.4. The van der Waals surface area contributed by atoms with Crippen LogP contribution in [0.3, 0.4) is 0 Å². The van der Waals surface area contributed by atoms with Crippen LogP contribution in [0.5, 0.6) is 5.75 Å². The highest BCUT2D eigenvalue weighted by molar-refractivity contribution is 5.73. The van der Waals surface area contributed by atoms with E-state index >= 15 is 0 Å². The molecule has 1 saturated heterocycles. The van der Waals surface area contributed by atoms with Crippen molar-refractivity contribution < 1.29 is 9.53 Å². The van der Waals surface area contributed by atoms with Crippen LogP contribution in [-0.4, -0.2) is 54.1 Å². The Morgan fingerprint density at radius 2 is 1.88 bits per heavy atom. The highest BCUT2D eigenvalue weighted by Gasteiger charge is 2.19. The molecule has 7 nitrogen and oxygen atoms in total. The summed E-state index contributed by atoms with van der Waals surface area (Å²) in [6, 6.07) is 9.88. The Balaban J connectivity index is 1.58. The second-order valence-electron chi connectivity index (χ2n) is 5.96. The molecule has 0 bridgehead atoms. The molecule has 132 valence electrons. The fraction of sp³-hybridized carbons (Fsp3) is 0.389. The van der Waals surface area contributed by atoms with Crippen molar-refractivity contribution >= 4 is 17.5 Å². The van der Waals surface area contributed by atoms with Gasteiger partial charge in [-0.1, -0.05) is 12.1 Å². The van der Waals surface area contributed by atoms with Crippen molar-refractivity contribution in [1.82, 2.24) is 14.9 Å². The summed E-state index contributed by atoms with van der Waals surface area (Å²) >= 11 is 0. The van der Waals surface area contributed by atoms with Gasteiger partial charge in [0.1, 0.15) is 23.7 Å². The SMILES string of the molecule is COc1ccc(CNc2cc(N3CCN(C(C)=O)CC3)ncn2)cc1. The van der Waals surface area contributed by atoms with Crippen molar-refractivity contribution in [2.75, 3.05) is 43.5 Å². The number of anilines is 2. The number of carbonyl (C=O) groups excluding carboxylic acids is 1. The predicted molar refractivity (Wildman–Crippen MR) is 96.8 cm³/mol. The zero-order valence-corrected chi connectivity index (χ0v) is 14.6. The van der Waals surface area contributed by atoms with Crippen LogP contribution in [0.4, 0.5) is 11.6 Å². The predicted octanol–water partition coefficient (Wildman–Crippen LogP) is 1.77. The zero-order valence-electron chi connectivity index (χ0n) is 14.6. The number of piperazine rings is 1. The fourth-order valence-electron chi connectivity index (χ4n) is 2.80. The number of hydrogen-bond acceptors (Lipinski definition) is 6. The molecule has 1 amide bonds. The van der Waals surface area contributed by atoms with E-state index in [1.165, 1.54) is 0 Å². The summed E-state index contributed by atoms with van der Waals surface area (Å²) in [5.41, 5.74) is 1.15. The van der Waals surface area contributed by atoms with E-state index < -0.39 is 0 Å². The van der Waals surface area contributed by atoms with Crippen molar-refractivity contribution in [3.8, 4) is 5.75 Å². The Morgan fingerprint density at radius 1 is 1.16 bits per heavy atom. The number of methoxy groups -OCH3 is 1. The zero-order chi connectivity index (χ0) is 17.6. The van der Waals surface area contributed by atoms with E-state index in [0.29, 0.717) is 6.54 Å². The van der Waals surface area contributed by atoms with Gasteiger partial charge in [0, 0.05) is 45.7 Å². The summed E-state index contributed by atoms with van der Waals surface area (Å²) in [5, 5.41) is 3.32. The van der Waals surface area contributed by atoms with Crippen LogP contribution in [-0.2, 0) is 11.3 Å². The quantitative estimate of drug-likeness (QED) is 0.894. The number of hydrogen-bond donors (Lipinski definition) is 1. The molecule has 0 atom stereocenters. The molecule has 2 heterocycles. The third-order valence-corrected chi connectivity index (χ3v) is 4.33. The molecule has 0 saturated carbocycles. The molecular formula is C18H23N5O2. The number of benzene rings is 1. The number of aromatic nitrogens is 2. The molecule has 1 fully saturated rings. The highest BCUT2D eigenvalue weighted by atomic mass is 16.5. The molecule has 7 heteroatoms. The largest absolute Gasteiger partial charge is 0.497 e. The van der Waals surface area contributed by atoms with Crippen molar-refractivity contribution in [3.63, 3.8) is 0 Å². The minimum Gasteiger partial charge on any atom is -0.497 e. The van der Waals surface area contributed by atoms with Crippen LogP contribution in [0.2, 0.25) is 0 Å². The summed E-state index contributed by atoms with van der Waals surface area (Å²) in [7, 11) is 1.66. The highest BCUT2D eigenvalue weighted by Crippen LogP contribution is 2.17. The summed E-state index contributed by atoms with van der Waals surface area (Å²) in [5.74, 6) is 2.65. The molecule has 25 heavy (non-hydrogen) atoms. The van der Waals surface area contributed by atoms with Crippen LogP contribution in [0, 0.1) is 0 Å². The Labute approximate surface area is 147 Å². The van der Waals surface area contributed by atoms with Crippen LogP contribution in [0.1, 0.15) is 12.5 Å². The minimum absolute atomic E-state index is 0.129. The third-order valence-electron chi connectivity index (χ3n) is 4.33. The van der Waals surface area contributed by atoms with E-state index in [9.17, 15) is 4.79 Å². The molecular weight excluding hydrogens is 318 g/mol. The van der Waals surface area contributed by atoms with E-state index in [-0.39, 0.29) is 5.91 Å². The minimum atomic E-state index is 0.129. The van der Waals surface area contributed by atoms with Crippen molar-refractivity contribution in [2.24, 2.45) is 0 Å². The average Bonchev–Trinajstić information content (AvgIpc) is 2.67. The average molecular weight is 341 g/mol. The number of rotatable bonds is 5. The summed E-state index contributed by atoms with van der Waals surface area (Å²) < 4.78 is 5.17. The number of amides is 1. The number of nitrogens with zero attached hydrogens (tertiary/aromatic N) is 4. The summed E-state index contributed by atoms with van der Waals surface area (Å²) in [6.45, 7) is 5.32. The molecule has 1 aliphatic heterocycles. The lowest BCUT2D eigenvalue weighted by molar-refractivity contribution is -0.129. The Morgan fingerprint density at radius 3 is 2.52 bits per heavy atom. The van der Waals surface area contributed by atoms with Crippen LogP contribution >= 0.6 is 0 Å². The molecule has 2 aromatic rings. The second-order valence-corrected chi connectivity index (χ2v) is 5.96. The monoisotopic (exact) mass is 341 g/mol. The standard InChI is InChI=1S/C18H23N5O2/c1-14(24)22-7-9-23(10-8-22)18-11-17(20-13-21-18)19-12-15-3-5-16(25-2)6-4-15/h3-6,11,13H,7-10,12H2,1-2H3,(H,19,20,21). The molecule has 1 aromatic heterocycles. The van der Waals surface area contributed by atoms with Crippen LogP contribution in [0.15, 0.2) is 36.7 Å². The third kappa shape index (κ3) is 4.37. The van der Waals surface area contributed by atoms with E-state index in [0.717, 1.165) is 49.1 Å². The van der Waals surface area contributed by atoms with Gasteiger partial charge in [-0.25, -0.2) is 9.97 Å². The maximum absolute atomic E-state index is 11.4. The number of carbonyl (C=O) groups is 1. The number of nitrogens with one attached hydrogen (secondary N) is 1. The van der Waals surface area contributed by atoms with Gasteiger partial charge in [0.15, 0.2) is 0 Å². The second kappa shape index (κ2) is 7.83. The molecule has 0 radical (unpaired) electrons. The molecule has 0 aliphatic carbocycles. The van der Waals surface area contributed by atoms with E-state index in [4.69, 9.17) is 4.74 Å². The normalized spacial score (nSPS) is 14.3. The lowest BCUT2D eigenvalue weighted by Gasteiger charge is -2.34. The first-order chi connectivity index (χ1) is 12.2. The first kappa shape index (κ1) is 17.0. The summed E-state index contributed by atoms with van der Waals surface area (Å²) in [4.78, 5) is 24.1. The molecule has 0 unspecified atom stereocenters. The van der Waals surface area contributed by atoms with Gasteiger partial charge in [0.25, 0.3) is 0 Å². The van der Waals surface area contributed by atoms with Gasteiger partial charge >= 0.3 is 0 Å². The van der Waals surface area contributed by atoms with Gasteiger partial charge in [-0.2, -0.15) is 0 Å². The van der Waals surface area contributed by atoms with Crippen molar-refractivity contribution in [2.45, 2.75) is 13.5 Å². The molecule has 3 rings (SSSR count). The van der Waals surface area contributed by atoms with E-state index in [1.807, 2.05) is 35.2 Å². The number of ether oxygens (including phenoxy) is 1. The molecule has 0 spiro atoms. The summed E-state index contributed by atoms with van der Waals surface area (Å²) in [6.07, 6.45) is 1.57. The van der Waals surface area contributed by atoms with Gasteiger partial charge in [0.05, 0.1) is 7.11 Å². The van der Waals surface area contributed by atoms with Crippen LogP contribution < -0.4 is 15.0 Å².